The van der Waals surface area contributed by atoms with Crippen molar-refractivity contribution in [3.63, 3.8) is 0 Å². The van der Waals surface area contributed by atoms with Crippen LogP contribution in [-0.2, 0) is 6.42 Å². The smallest absolute Gasteiger partial charge is 0.270 e. The van der Waals surface area contributed by atoms with Gasteiger partial charge >= 0.3 is 0 Å². The lowest BCUT2D eigenvalue weighted by molar-refractivity contribution is 1.03. The fourth-order valence-corrected chi connectivity index (χ4v) is 2.35. The lowest BCUT2D eigenvalue weighted by Gasteiger charge is -2.04. The maximum Gasteiger partial charge on any atom is 0.270 e. The number of nitrogens with one attached hydrogen (secondary N) is 1. The molecule has 3 aromatic rings. The zero-order valence-corrected chi connectivity index (χ0v) is 11.9. The Morgan fingerprint density at radius 2 is 1.75 bits per heavy atom. The zero-order chi connectivity index (χ0) is 14.1. The summed E-state index contributed by atoms with van der Waals surface area (Å²) >= 11 is 11.9. The number of hydrogen-bond acceptors (Lipinski definition) is 2. The van der Waals surface area contributed by atoms with Crippen molar-refractivity contribution in [1.29, 1.82) is 0 Å². The Morgan fingerprint density at radius 1 is 1.05 bits per heavy atom. The maximum absolute atomic E-state index is 12.0. The topological polar surface area (TPSA) is 45.8 Å². The van der Waals surface area contributed by atoms with E-state index in [1.807, 2.05) is 30.3 Å². The van der Waals surface area contributed by atoms with Gasteiger partial charge in [0, 0.05) is 6.42 Å². The predicted octanol–water partition coefficient (Wildman–Crippen LogP) is 3.82. The minimum Gasteiger partial charge on any atom is -0.319 e. The standard InChI is InChI=1S/C15H10Cl2N2O/c16-10-7-12-13(8-11(10)17)19-15(20)14(18-12)6-9-4-2-1-3-5-9/h1-5,7-8H,6H2,(H,19,20). The SMILES string of the molecule is O=c1[nH]c2cc(Cl)c(Cl)cc2nc1Cc1ccccc1. The van der Waals surface area contributed by atoms with Gasteiger partial charge < -0.3 is 4.98 Å². The molecule has 5 heteroatoms. The first-order chi connectivity index (χ1) is 9.63. The Labute approximate surface area is 125 Å². The van der Waals surface area contributed by atoms with Crippen LogP contribution in [0.1, 0.15) is 11.3 Å². The Balaban J connectivity index is 2.10. The van der Waals surface area contributed by atoms with Gasteiger partial charge in [0.2, 0.25) is 0 Å². The number of nitrogens with zero attached hydrogens (tertiary/aromatic N) is 1. The highest BCUT2D eigenvalue weighted by Gasteiger charge is 2.08. The largest absolute Gasteiger partial charge is 0.319 e. The van der Waals surface area contributed by atoms with Crippen LogP contribution in [0.3, 0.4) is 0 Å². The molecule has 0 spiro atoms. The van der Waals surface area contributed by atoms with E-state index in [0.29, 0.717) is 33.2 Å². The molecule has 0 aliphatic heterocycles. The first kappa shape index (κ1) is 13.2. The van der Waals surface area contributed by atoms with E-state index in [1.165, 1.54) is 0 Å². The zero-order valence-electron chi connectivity index (χ0n) is 10.4. The monoisotopic (exact) mass is 304 g/mol. The molecule has 100 valence electrons. The van der Waals surface area contributed by atoms with Gasteiger partial charge in [-0.3, -0.25) is 4.79 Å². The number of fused-ring (bicyclic) bond motifs is 1. The number of rotatable bonds is 2. The second-order valence-corrected chi connectivity index (χ2v) is 5.27. The molecule has 1 N–H and O–H groups in total. The minimum atomic E-state index is -0.209. The van der Waals surface area contributed by atoms with Crippen LogP contribution in [-0.4, -0.2) is 9.97 Å². The summed E-state index contributed by atoms with van der Waals surface area (Å²) in [6, 6.07) is 13.0. The van der Waals surface area contributed by atoms with Crippen LogP contribution in [0.4, 0.5) is 0 Å². The highest BCUT2D eigenvalue weighted by atomic mass is 35.5. The molecule has 0 atom stereocenters. The third-order valence-corrected chi connectivity index (χ3v) is 3.74. The Hall–Kier alpha value is -1.84. The number of H-pyrrole nitrogens is 1. The second-order valence-electron chi connectivity index (χ2n) is 4.46. The van der Waals surface area contributed by atoms with E-state index >= 15 is 0 Å². The molecule has 0 amide bonds. The third-order valence-electron chi connectivity index (χ3n) is 3.02. The van der Waals surface area contributed by atoms with Crippen LogP contribution in [0.25, 0.3) is 11.0 Å². The van der Waals surface area contributed by atoms with E-state index in [9.17, 15) is 4.79 Å². The van der Waals surface area contributed by atoms with Crippen molar-refractivity contribution in [2.24, 2.45) is 0 Å². The molecular weight excluding hydrogens is 295 g/mol. The van der Waals surface area contributed by atoms with E-state index in [0.717, 1.165) is 5.56 Å². The first-order valence-corrected chi connectivity index (χ1v) is 6.81. The van der Waals surface area contributed by atoms with Crippen LogP contribution in [0.15, 0.2) is 47.3 Å². The van der Waals surface area contributed by atoms with Gasteiger partial charge in [-0.25, -0.2) is 4.98 Å². The normalized spacial score (nSPS) is 10.9. The average Bonchev–Trinajstić information content (AvgIpc) is 2.43. The van der Waals surface area contributed by atoms with Crippen LogP contribution >= 0.6 is 23.2 Å². The molecule has 0 unspecified atom stereocenters. The number of aromatic amines is 1. The second kappa shape index (κ2) is 5.27. The van der Waals surface area contributed by atoms with Gasteiger partial charge in [0.1, 0.15) is 5.69 Å². The van der Waals surface area contributed by atoms with Gasteiger partial charge in [-0.05, 0) is 17.7 Å². The van der Waals surface area contributed by atoms with Gasteiger partial charge in [0.15, 0.2) is 0 Å². The van der Waals surface area contributed by atoms with E-state index in [-0.39, 0.29) is 5.56 Å². The molecule has 0 aliphatic carbocycles. The van der Waals surface area contributed by atoms with Crippen LogP contribution in [0.2, 0.25) is 10.0 Å². The molecule has 3 rings (SSSR count). The number of benzene rings is 2. The minimum absolute atomic E-state index is 0.209. The number of aromatic nitrogens is 2. The first-order valence-electron chi connectivity index (χ1n) is 6.05. The lowest BCUT2D eigenvalue weighted by Crippen LogP contribution is -2.15. The van der Waals surface area contributed by atoms with Crippen molar-refractivity contribution in [3.8, 4) is 0 Å². The van der Waals surface area contributed by atoms with Crippen molar-refractivity contribution < 1.29 is 0 Å². The van der Waals surface area contributed by atoms with Crippen molar-refractivity contribution in [3.05, 3.63) is 74.1 Å². The summed E-state index contributed by atoms with van der Waals surface area (Å²) in [5.74, 6) is 0. The van der Waals surface area contributed by atoms with E-state index in [2.05, 4.69) is 9.97 Å². The van der Waals surface area contributed by atoms with Crippen LogP contribution < -0.4 is 5.56 Å². The van der Waals surface area contributed by atoms with Gasteiger partial charge in [0.25, 0.3) is 5.56 Å². The molecule has 0 saturated heterocycles. The molecule has 20 heavy (non-hydrogen) atoms. The number of halogens is 2. The Bertz CT molecular complexity index is 828. The fourth-order valence-electron chi connectivity index (χ4n) is 2.03. The molecule has 0 radical (unpaired) electrons. The summed E-state index contributed by atoms with van der Waals surface area (Å²) in [4.78, 5) is 19.2. The molecular formula is C15H10Cl2N2O. The molecule has 1 heterocycles. The van der Waals surface area contributed by atoms with Gasteiger partial charge in [0.05, 0.1) is 21.1 Å². The van der Waals surface area contributed by atoms with Gasteiger partial charge in [-0.1, -0.05) is 53.5 Å². The van der Waals surface area contributed by atoms with Crippen molar-refractivity contribution in [2.75, 3.05) is 0 Å². The molecule has 3 nitrogen and oxygen atoms in total. The molecule has 0 fully saturated rings. The van der Waals surface area contributed by atoms with Gasteiger partial charge in [-0.2, -0.15) is 0 Å². The molecule has 0 saturated carbocycles. The molecule has 1 aromatic heterocycles. The van der Waals surface area contributed by atoms with Crippen LogP contribution in [0.5, 0.6) is 0 Å². The Morgan fingerprint density at radius 3 is 2.50 bits per heavy atom. The quantitative estimate of drug-likeness (QED) is 0.782. The van der Waals surface area contributed by atoms with Crippen LogP contribution in [0, 0.1) is 0 Å². The predicted molar refractivity (Wildman–Crippen MR) is 81.6 cm³/mol. The number of hydrogen-bond donors (Lipinski definition) is 1. The molecule has 0 aliphatic rings. The van der Waals surface area contributed by atoms with Gasteiger partial charge in [-0.15, -0.1) is 0 Å². The molecule has 2 aromatic carbocycles. The van der Waals surface area contributed by atoms with E-state index in [1.54, 1.807) is 12.1 Å². The highest BCUT2D eigenvalue weighted by Crippen LogP contribution is 2.25. The lowest BCUT2D eigenvalue weighted by atomic mass is 10.1. The third kappa shape index (κ3) is 2.55. The summed E-state index contributed by atoms with van der Waals surface area (Å²) in [7, 11) is 0. The summed E-state index contributed by atoms with van der Waals surface area (Å²) in [6.45, 7) is 0. The summed E-state index contributed by atoms with van der Waals surface area (Å²) < 4.78 is 0. The van der Waals surface area contributed by atoms with Crippen molar-refractivity contribution >= 4 is 34.2 Å². The van der Waals surface area contributed by atoms with Crippen molar-refractivity contribution in [1.82, 2.24) is 9.97 Å². The average molecular weight is 305 g/mol. The fraction of sp³-hybridized carbons (Fsp3) is 0.0667. The van der Waals surface area contributed by atoms with E-state index in [4.69, 9.17) is 23.2 Å². The summed E-state index contributed by atoms with van der Waals surface area (Å²) in [6.07, 6.45) is 0.479. The summed E-state index contributed by atoms with van der Waals surface area (Å²) in [5, 5.41) is 0.816. The van der Waals surface area contributed by atoms with E-state index < -0.39 is 0 Å². The molecule has 0 bridgehead atoms. The van der Waals surface area contributed by atoms with Crippen molar-refractivity contribution in [2.45, 2.75) is 6.42 Å². The summed E-state index contributed by atoms with van der Waals surface area (Å²) in [5.41, 5.74) is 2.50. The Kier molecular flexibility index (Phi) is 3.47. The maximum atomic E-state index is 12.0. The highest BCUT2D eigenvalue weighted by molar-refractivity contribution is 6.42.